The molecular weight excluding hydrogens is 229 g/mol. The largest absolute Gasteiger partial charge is 0.426 e. The second-order valence-corrected chi connectivity index (χ2v) is 3.89. The highest BCUT2D eigenvalue weighted by Gasteiger charge is 2.26. The number of pyridine rings is 1. The maximum atomic E-state index is 12.4. The van der Waals surface area contributed by atoms with E-state index >= 15 is 0 Å². The number of hydrogen-bond acceptors (Lipinski definition) is 4. The maximum absolute atomic E-state index is 12.4. The number of nitrogens with two attached hydrogens (primary N) is 1. The molecule has 1 aromatic heterocycles. The van der Waals surface area contributed by atoms with Crippen molar-refractivity contribution in [3.63, 3.8) is 0 Å². The number of carbonyl (C=O) groups is 1. The van der Waals surface area contributed by atoms with Crippen LogP contribution in [-0.4, -0.2) is 43.1 Å². The van der Waals surface area contributed by atoms with Gasteiger partial charge in [-0.1, -0.05) is 6.07 Å². The smallest absolute Gasteiger partial charge is 0.293 e. The molecule has 0 spiro atoms. The molecule has 5 nitrogen and oxygen atoms in total. The Morgan fingerprint density at radius 3 is 2.78 bits per heavy atom. The van der Waals surface area contributed by atoms with Gasteiger partial charge in [0.15, 0.2) is 0 Å². The Morgan fingerprint density at radius 1 is 1.56 bits per heavy atom. The normalized spacial score (nSPS) is 11.9. The van der Waals surface area contributed by atoms with Crippen molar-refractivity contribution in [1.29, 1.82) is 0 Å². The van der Waals surface area contributed by atoms with Crippen LogP contribution in [0.1, 0.15) is 25.2 Å². The fourth-order valence-electron chi connectivity index (χ4n) is 1.83. The summed E-state index contributed by atoms with van der Waals surface area (Å²) in [5, 5.41) is 0. The lowest BCUT2D eigenvalue weighted by Crippen LogP contribution is -2.38. The summed E-state index contributed by atoms with van der Waals surface area (Å²) in [6.07, 6.45) is 3.39. The number of amides is 1. The second kappa shape index (κ2) is 7.84. The Bertz CT molecular complexity index is 358. The topological polar surface area (TPSA) is 68.5 Å². The zero-order chi connectivity index (χ0) is 13.4. The molecule has 0 radical (unpaired) electrons. The van der Waals surface area contributed by atoms with E-state index in [9.17, 15) is 4.79 Å². The molecule has 1 unspecified atom stereocenters. The Morgan fingerprint density at radius 2 is 2.28 bits per heavy atom. The number of aromatic nitrogens is 1. The van der Waals surface area contributed by atoms with Gasteiger partial charge in [0.05, 0.1) is 12.5 Å². The number of nitrogens with zero attached hydrogens (tertiary/aromatic N) is 2. The third kappa shape index (κ3) is 3.82. The Balaban J connectivity index is 2.87. The number of rotatable bonds is 7. The first-order chi connectivity index (χ1) is 8.74. The van der Waals surface area contributed by atoms with E-state index < -0.39 is 0 Å². The predicted octanol–water partition coefficient (Wildman–Crippen LogP) is 0.275. The third-order valence-electron chi connectivity index (χ3n) is 2.86. The minimum absolute atomic E-state index is 0.0569. The summed E-state index contributed by atoms with van der Waals surface area (Å²) in [6, 6.07) is 3.71. The van der Waals surface area contributed by atoms with Crippen molar-refractivity contribution in [3.05, 3.63) is 30.1 Å². The van der Waals surface area contributed by atoms with Crippen LogP contribution in [0, 0.1) is 0 Å². The van der Waals surface area contributed by atoms with Gasteiger partial charge in [-0.25, -0.2) is 0 Å². The van der Waals surface area contributed by atoms with Gasteiger partial charge in [-0.3, -0.25) is 9.78 Å². The number of carbonyl (C=O) groups excluding carboxylic acids is 1. The summed E-state index contributed by atoms with van der Waals surface area (Å²) in [5.41, 5.74) is 6.20. The maximum Gasteiger partial charge on any atom is 0.293 e. The van der Waals surface area contributed by atoms with E-state index in [1.165, 1.54) is 0 Å². The van der Waals surface area contributed by atoms with Gasteiger partial charge in [-0.15, -0.1) is 0 Å². The van der Waals surface area contributed by atoms with Crippen molar-refractivity contribution in [1.82, 2.24) is 9.88 Å². The molecule has 1 aromatic rings. The van der Waals surface area contributed by atoms with Gasteiger partial charge in [0.25, 0.3) is 7.48 Å². The van der Waals surface area contributed by atoms with E-state index in [1.807, 2.05) is 26.0 Å². The lowest BCUT2D eigenvalue weighted by atomic mass is 9.74. The van der Waals surface area contributed by atoms with Gasteiger partial charge in [-0.2, -0.15) is 0 Å². The van der Waals surface area contributed by atoms with Gasteiger partial charge < -0.3 is 15.3 Å². The van der Waals surface area contributed by atoms with E-state index in [2.05, 4.69) is 4.98 Å². The Kier molecular flexibility index (Phi) is 6.39. The molecule has 1 rings (SSSR count). The quantitative estimate of drug-likeness (QED) is 0.556. The summed E-state index contributed by atoms with van der Waals surface area (Å²) >= 11 is 0. The van der Waals surface area contributed by atoms with Crippen molar-refractivity contribution >= 4 is 13.4 Å². The summed E-state index contributed by atoms with van der Waals surface area (Å²) < 4.78 is 5.21. The molecule has 0 saturated carbocycles. The highest BCUT2D eigenvalue weighted by atomic mass is 16.4. The van der Waals surface area contributed by atoms with Gasteiger partial charge in [0.2, 0.25) is 5.91 Å². The molecule has 1 amide bonds. The average molecular weight is 249 g/mol. The van der Waals surface area contributed by atoms with Gasteiger partial charge >= 0.3 is 0 Å². The number of likely N-dealkylation sites (N-methyl/N-ethyl adjacent to an activating group) is 1. The molecule has 1 heterocycles. The first-order valence-electron chi connectivity index (χ1n) is 6.21. The molecule has 1 atom stereocenters. The zero-order valence-electron chi connectivity index (χ0n) is 11.0. The summed E-state index contributed by atoms with van der Waals surface area (Å²) in [7, 11) is 0.289. The van der Waals surface area contributed by atoms with E-state index in [0.29, 0.717) is 13.1 Å². The van der Waals surface area contributed by atoms with E-state index in [-0.39, 0.29) is 25.9 Å². The minimum Gasteiger partial charge on any atom is -0.426 e. The van der Waals surface area contributed by atoms with Gasteiger partial charge in [0, 0.05) is 25.5 Å². The van der Waals surface area contributed by atoms with Crippen molar-refractivity contribution in [2.75, 3.05) is 19.8 Å². The monoisotopic (exact) mass is 249 g/mol. The van der Waals surface area contributed by atoms with Crippen LogP contribution in [0.5, 0.6) is 0 Å². The molecular formula is C12H20BN3O2. The van der Waals surface area contributed by atoms with Crippen molar-refractivity contribution in [2.45, 2.75) is 19.7 Å². The highest BCUT2D eigenvalue weighted by Crippen LogP contribution is 2.16. The van der Waals surface area contributed by atoms with Crippen molar-refractivity contribution in [2.24, 2.45) is 5.73 Å². The van der Waals surface area contributed by atoms with E-state index in [1.54, 1.807) is 17.3 Å². The first kappa shape index (κ1) is 14.7. The summed E-state index contributed by atoms with van der Waals surface area (Å²) in [5.74, 6) is -0.274. The zero-order valence-corrected chi connectivity index (χ0v) is 11.0. The fraction of sp³-hybridized carbons (Fsp3) is 0.500. The lowest BCUT2D eigenvalue weighted by Gasteiger charge is -2.24. The molecule has 0 aliphatic rings. The van der Waals surface area contributed by atoms with Crippen LogP contribution in [0.3, 0.4) is 0 Å². The molecule has 0 aliphatic heterocycles. The highest BCUT2D eigenvalue weighted by molar-refractivity contribution is 6.37. The van der Waals surface area contributed by atoms with E-state index in [4.69, 9.17) is 10.4 Å². The van der Waals surface area contributed by atoms with Gasteiger partial charge in [0.1, 0.15) is 0 Å². The minimum atomic E-state index is -0.331. The standard InChI is InChI=1S/C12H20BN3O2/c1-3-16(4-2)12(17)11(13-18-9-14)10-6-5-7-15-8-10/h5-8,11,13H,3-4,9,14H2,1-2H3. The molecule has 0 aliphatic carbocycles. The molecule has 6 heteroatoms. The summed E-state index contributed by atoms with van der Waals surface area (Å²) in [4.78, 5) is 18.2. The molecule has 0 fully saturated rings. The average Bonchev–Trinajstić information content (AvgIpc) is 2.42. The first-order valence-corrected chi connectivity index (χ1v) is 6.21. The summed E-state index contributed by atoms with van der Waals surface area (Å²) in [6.45, 7) is 5.42. The predicted molar refractivity (Wildman–Crippen MR) is 72.2 cm³/mol. The van der Waals surface area contributed by atoms with Crippen LogP contribution in [-0.2, 0) is 9.45 Å². The van der Waals surface area contributed by atoms with Crippen molar-refractivity contribution in [3.8, 4) is 0 Å². The van der Waals surface area contributed by atoms with Gasteiger partial charge in [-0.05, 0) is 25.5 Å². The van der Waals surface area contributed by atoms with Crippen LogP contribution in [0.15, 0.2) is 24.5 Å². The molecule has 0 bridgehead atoms. The molecule has 0 saturated heterocycles. The van der Waals surface area contributed by atoms with E-state index in [0.717, 1.165) is 5.56 Å². The van der Waals surface area contributed by atoms with Crippen LogP contribution in [0.25, 0.3) is 0 Å². The molecule has 18 heavy (non-hydrogen) atoms. The van der Waals surface area contributed by atoms with Crippen LogP contribution in [0.2, 0.25) is 0 Å². The Hall–Kier alpha value is -1.40. The number of hydrogen-bond donors (Lipinski definition) is 1. The SMILES string of the molecule is CCN(CC)C(=O)C(BOCN)c1cccnc1. The third-order valence-corrected chi connectivity index (χ3v) is 2.86. The molecule has 2 N–H and O–H groups in total. The molecule has 98 valence electrons. The van der Waals surface area contributed by atoms with Crippen molar-refractivity contribution < 1.29 is 9.45 Å². The second-order valence-electron chi connectivity index (χ2n) is 3.89. The Labute approximate surface area is 109 Å². The van der Waals surface area contributed by atoms with Crippen LogP contribution < -0.4 is 5.73 Å². The van der Waals surface area contributed by atoms with Crippen LogP contribution >= 0.6 is 0 Å². The van der Waals surface area contributed by atoms with Crippen LogP contribution in [0.4, 0.5) is 0 Å². The fourth-order valence-corrected chi connectivity index (χ4v) is 1.83. The molecule has 0 aromatic carbocycles. The lowest BCUT2D eigenvalue weighted by molar-refractivity contribution is -0.130.